The minimum atomic E-state index is -1.67. The highest BCUT2D eigenvalue weighted by Crippen LogP contribution is 2.17. The zero-order valence-electron chi connectivity index (χ0n) is 12.5. The number of hydrogen-bond acceptors (Lipinski definition) is 3. The molecule has 122 valence electrons. The van der Waals surface area contributed by atoms with E-state index in [2.05, 4.69) is 5.10 Å². The van der Waals surface area contributed by atoms with Crippen LogP contribution >= 0.6 is 0 Å². The zero-order chi connectivity index (χ0) is 17.1. The van der Waals surface area contributed by atoms with Gasteiger partial charge in [-0.25, -0.2) is 18.3 Å². The molecule has 0 radical (unpaired) electrons. The molecule has 2 rings (SSSR count). The molecular weight excluding hydrogens is 308 g/mol. The summed E-state index contributed by atoms with van der Waals surface area (Å²) in [5.74, 6) is -3.06. The average Bonchev–Trinajstić information content (AvgIpc) is 2.82. The number of carboxylic acid groups (broad SMARTS) is 1. The van der Waals surface area contributed by atoms with E-state index in [0.29, 0.717) is 0 Å². The van der Waals surface area contributed by atoms with Crippen molar-refractivity contribution in [2.75, 3.05) is 6.67 Å². The molecule has 0 spiro atoms. The molecule has 0 saturated carbocycles. The lowest BCUT2D eigenvalue weighted by molar-refractivity contribution is -0.139. The van der Waals surface area contributed by atoms with E-state index in [9.17, 15) is 18.4 Å². The monoisotopic (exact) mass is 323 g/mol. The van der Waals surface area contributed by atoms with Gasteiger partial charge in [-0.15, -0.1) is 0 Å². The van der Waals surface area contributed by atoms with Gasteiger partial charge >= 0.3 is 5.97 Å². The van der Waals surface area contributed by atoms with Crippen molar-refractivity contribution in [3.63, 3.8) is 0 Å². The van der Waals surface area contributed by atoms with Crippen molar-refractivity contribution in [1.82, 2.24) is 15.1 Å². The Kier molecular flexibility index (Phi) is 4.73. The smallest absolute Gasteiger partial charge is 0.328 e. The van der Waals surface area contributed by atoms with Crippen molar-refractivity contribution in [2.45, 2.75) is 19.9 Å². The molecule has 0 aliphatic rings. The number of rotatable bonds is 5. The van der Waals surface area contributed by atoms with E-state index in [1.54, 1.807) is 19.9 Å². The van der Waals surface area contributed by atoms with Crippen LogP contribution in [0.1, 0.15) is 21.7 Å². The minimum Gasteiger partial charge on any atom is -0.480 e. The summed E-state index contributed by atoms with van der Waals surface area (Å²) in [7, 11) is 0. The summed E-state index contributed by atoms with van der Waals surface area (Å²) < 4.78 is 28.1. The molecule has 1 aromatic heterocycles. The molecule has 2 N–H and O–H groups in total. The fourth-order valence-electron chi connectivity index (χ4n) is 2.10. The van der Waals surface area contributed by atoms with Crippen molar-refractivity contribution in [1.29, 1.82) is 0 Å². The van der Waals surface area contributed by atoms with Gasteiger partial charge in [-0.1, -0.05) is 0 Å². The van der Waals surface area contributed by atoms with Crippen LogP contribution in [-0.2, 0) is 4.79 Å². The third kappa shape index (κ3) is 3.53. The van der Waals surface area contributed by atoms with E-state index in [0.717, 1.165) is 17.5 Å². The number of hydrogen-bond donors (Lipinski definition) is 2. The molecule has 1 atom stereocenters. The molecule has 23 heavy (non-hydrogen) atoms. The first-order valence-electron chi connectivity index (χ1n) is 6.76. The third-order valence-corrected chi connectivity index (χ3v) is 3.21. The van der Waals surface area contributed by atoms with Crippen LogP contribution in [0.2, 0.25) is 0 Å². The number of carbonyl (C=O) groups is 2. The number of aliphatic carboxylic acids is 1. The third-order valence-electron chi connectivity index (χ3n) is 3.21. The van der Waals surface area contributed by atoms with Gasteiger partial charge in [0.2, 0.25) is 0 Å². The molecule has 0 bridgehead atoms. The fraction of sp³-hybridized carbons (Fsp3) is 0.267. The maximum atomic E-state index is 14.2. The Morgan fingerprint density at radius 2 is 2.04 bits per heavy atom. The second kappa shape index (κ2) is 6.55. The maximum absolute atomic E-state index is 14.2. The van der Waals surface area contributed by atoms with Gasteiger partial charge in [0.1, 0.15) is 18.2 Å². The standard InChI is InChI=1S/C15H15F2N3O3/c1-8-5-9(2)20(19-8)13-4-3-10(6-11(13)17)14(21)18-12(7-16)15(22)23/h3-6,12H,7H2,1-2H3,(H,18,21)(H,22,23). The number of carboxylic acids is 1. The second-order valence-electron chi connectivity index (χ2n) is 5.02. The van der Waals surface area contributed by atoms with Gasteiger partial charge in [0.25, 0.3) is 5.91 Å². The summed E-state index contributed by atoms with van der Waals surface area (Å²) in [6.45, 7) is 2.28. The number of alkyl halides is 1. The first kappa shape index (κ1) is 16.6. The van der Waals surface area contributed by atoms with Crippen LogP contribution in [0.5, 0.6) is 0 Å². The quantitative estimate of drug-likeness (QED) is 0.878. The Bertz CT molecular complexity index is 758. The Balaban J connectivity index is 2.27. The summed E-state index contributed by atoms with van der Waals surface area (Å²) in [5, 5.41) is 14.8. The topological polar surface area (TPSA) is 84.2 Å². The zero-order valence-corrected chi connectivity index (χ0v) is 12.5. The highest BCUT2D eigenvalue weighted by molar-refractivity contribution is 5.96. The first-order chi connectivity index (χ1) is 10.8. The van der Waals surface area contributed by atoms with Crippen LogP contribution in [0.3, 0.4) is 0 Å². The summed E-state index contributed by atoms with van der Waals surface area (Å²) in [6.07, 6.45) is 0. The van der Waals surface area contributed by atoms with Gasteiger partial charge in [-0.05, 0) is 38.1 Å². The summed E-state index contributed by atoms with van der Waals surface area (Å²) in [4.78, 5) is 22.6. The summed E-state index contributed by atoms with van der Waals surface area (Å²) >= 11 is 0. The van der Waals surface area contributed by atoms with Crippen LogP contribution in [0, 0.1) is 19.7 Å². The van der Waals surface area contributed by atoms with E-state index < -0.39 is 30.4 Å². The average molecular weight is 323 g/mol. The summed E-state index contributed by atoms with van der Waals surface area (Å²) in [6, 6.07) is 3.74. The van der Waals surface area contributed by atoms with E-state index >= 15 is 0 Å². The van der Waals surface area contributed by atoms with E-state index in [-0.39, 0.29) is 11.3 Å². The maximum Gasteiger partial charge on any atom is 0.328 e. The van der Waals surface area contributed by atoms with Crippen molar-refractivity contribution < 1.29 is 23.5 Å². The number of nitrogens with one attached hydrogen (secondary N) is 1. The molecular formula is C15H15F2N3O3. The van der Waals surface area contributed by atoms with Crippen molar-refractivity contribution in [3.8, 4) is 5.69 Å². The Labute approximate surface area is 130 Å². The Morgan fingerprint density at radius 1 is 1.35 bits per heavy atom. The molecule has 8 heteroatoms. The molecule has 0 fully saturated rings. The normalized spacial score (nSPS) is 12.0. The molecule has 1 amide bonds. The van der Waals surface area contributed by atoms with E-state index in [4.69, 9.17) is 5.11 Å². The number of amides is 1. The van der Waals surface area contributed by atoms with Crippen LogP contribution in [0.15, 0.2) is 24.3 Å². The molecule has 1 heterocycles. The van der Waals surface area contributed by atoms with Gasteiger partial charge in [-0.2, -0.15) is 5.10 Å². The molecule has 1 aromatic carbocycles. The van der Waals surface area contributed by atoms with Gasteiger partial charge in [0.05, 0.1) is 5.69 Å². The number of halogens is 2. The van der Waals surface area contributed by atoms with Crippen LogP contribution in [-0.4, -0.2) is 39.5 Å². The largest absolute Gasteiger partial charge is 0.480 e. The predicted molar refractivity (Wildman–Crippen MR) is 77.9 cm³/mol. The lowest BCUT2D eigenvalue weighted by Gasteiger charge is -2.12. The first-order valence-corrected chi connectivity index (χ1v) is 6.76. The molecule has 0 aliphatic heterocycles. The van der Waals surface area contributed by atoms with E-state index in [1.807, 2.05) is 5.32 Å². The molecule has 0 aliphatic carbocycles. The Hall–Kier alpha value is -2.77. The SMILES string of the molecule is Cc1cc(C)n(-c2ccc(C(=O)NC(CF)C(=O)O)cc2F)n1. The molecule has 0 saturated heterocycles. The van der Waals surface area contributed by atoms with Gasteiger partial charge < -0.3 is 10.4 Å². The highest BCUT2D eigenvalue weighted by atomic mass is 19.1. The van der Waals surface area contributed by atoms with Crippen LogP contribution in [0.4, 0.5) is 8.78 Å². The van der Waals surface area contributed by atoms with E-state index in [1.165, 1.54) is 16.8 Å². The van der Waals surface area contributed by atoms with Gasteiger partial charge in [0.15, 0.2) is 6.04 Å². The number of aryl methyl sites for hydroxylation is 2. The van der Waals surface area contributed by atoms with Gasteiger partial charge in [0, 0.05) is 11.3 Å². The van der Waals surface area contributed by atoms with Crippen molar-refractivity contribution in [3.05, 3.63) is 47.0 Å². The highest BCUT2D eigenvalue weighted by Gasteiger charge is 2.21. The lowest BCUT2D eigenvalue weighted by Crippen LogP contribution is -2.42. The molecule has 1 unspecified atom stereocenters. The molecule has 6 nitrogen and oxygen atoms in total. The predicted octanol–water partition coefficient (Wildman–Crippen LogP) is 1.78. The van der Waals surface area contributed by atoms with Crippen LogP contribution in [0.25, 0.3) is 5.69 Å². The number of benzene rings is 1. The van der Waals surface area contributed by atoms with Crippen molar-refractivity contribution >= 4 is 11.9 Å². The van der Waals surface area contributed by atoms with Gasteiger partial charge in [-0.3, -0.25) is 4.79 Å². The second-order valence-corrected chi connectivity index (χ2v) is 5.02. The lowest BCUT2D eigenvalue weighted by atomic mass is 10.1. The number of nitrogens with zero attached hydrogens (tertiary/aromatic N) is 2. The minimum absolute atomic E-state index is 0.104. The Morgan fingerprint density at radius 3 is 2.52 bits per heavy atom. The number of carbonyl (C=O) groups excluding carboxylic acids is 1. The fourth-order valence-corrected chi connectivity index (χ4v) is 2.10. The number of aromatic nitrogens is 2. The van der Waals surface area contributed by atoms with Crippen LogP contribution < -0.4 is 5.32 Å². The molecule has 2 aromatic rings. The van der Waals surface area contributed by atoms with Crippen molar-refractivity contribution in [2.24, 2.45) is 0 Å². The summed E-state index contributed by atoms with van der Waals surface area (Å²) in [5.41, 5.74) is 1.50.